The first-order chi connectivity index (χ1) is 10.6. The Kier molecular flexibility index (Phi) is 4.60. The van der Waals surface area contributed by atoms with Crippen LogP contribution in [0.15, 0.2) is 12.3 Å². The number of nitrogens with zero attached hydrogens (tertiary/aromatic N) is 2. The number of alkyl halides is 3. The molecule has 1 aliphatic rings. The van der Waals surface area contributed by atoms with Crippen LogP contribution >= 0.6 is 11.6 Å². The maximum atomic E-state index is 12.5. The molecule has 2 rings (SSSR count). The summed E-state index contributed by atoms with van der Waals surface area (Å²) in [6.07, 6.45) is -3.97. The Hall–Kier alpha value is -2.16. The summed E-state index contributed by atoms with van der Waals surface area (Å²) in [5.74, 6) is -1.85. The molecule has 0 aromatic carbocycles. The van der Waals surface area contributed by atoms with Crippen molar-refractivity contribution in [2.24, 2.45) is 0 Å². The number of imide groups is 1. The molecule has 1 unspecified atom stereocenters. The summed E-state index contributed by atoms with van der Waals surface area (Å²) in [6, 6.07) is -0.368. The lowest BCUT2D eigenvalue weighted by atomic mass is 10.0. The van der Waals surface area contributed by atoms with Gasteiger partial charge in [-0.15, -0.1) is 0 Å². The summed E-state index contributed by atoms with van der Waals surface area (Å²) in [4.78, 5) is 39.5. The Morgan fingerprint density at radius 3 is 2.65 bits per heavy atom. The summed E-state index contributed by atoms with van der Waals surface area (Å²) in [5, 5.41) is 1.84. The molecule has 0 spiro atoms. The van der Waals surface area contributed by atoms with E-state index in [-0.39, 0.29) is 18.7 Å². The third-order valence-corrected chi connectivity index (χ3v) is 3.63. The second-order valence-corrected chi connectivity index (χ2v) is 5.32. The first-order valence-corrected chi connectivity index (χ1v) is 6.83. The summed E-state index contributed by atoms with van der Waals surface area (Å²) < 4.78 is 37.6. The summed E-state index contributed by atoms with van der Waals surface area (Å²) in [7, 11) is 1.28. The molecule has 0 radical (unpaired) electrons. The summed E-state index contributed by atoms with van der Waals surface area (Å²) in [6.45, 7) is 0. The van der Waals surface area contributed by atoms with Crippen molar-refractivity contribution in [1.29, 1.82) is 0 Å². The molecule has 1 N–H and O–H groups in total. The van der Waals surface area contributed by atoms with Crippen LogP contribution in [0.5, 0.6) is 0 Å². The molecule has 124 valence electrons. The van der Waals surface area contributed by atoms with Crippen molar-refractivity contribution in [3.63, 3.8) is 0 Å². The highest BCUT2D eigenvalue weighted by Gasteiger charge is 2.35. The normalized spacial score (nSPS) is 19.0. The molecule has 3 amide bonds. The topological polar surface area (TPSA) is 79.4 Å². The van der Waals surface area contributed by atoms with Gasteiger partial charge in [0.05, 0.1) is 10.6 Å². The zero-order valence-corrected chi connectivity index (χ0v) is 12.5. The van der Waals surface area contributed by atoms with Crippen LogP contribution in [0.25, 0.3) is 0 Å². The SMILES string of the molecule is CN1C(=O)CCC(NC(=O)c2ncc(C(F)(F)F)cc2Cl)C1=O. The van der Waals surface area contributed by atoms with E-state index in [1.54, 1.807) is 0 Å². The maximum absolute atomic E-state index is 12.5. The van der Waals surface area contributed by atoms with Crippen LogP contribution in [-0.4, -0.2) is 40.7 Å². The van der Waals surface area contributed by atoms with Crippen molar-refractivity contribution in [2.75, 3.05) is 7.05 Å². The molecule has 0 aliphatic carbocycles. The number of amides is 3. The number of pyridine rings is 1. The zero-order valence-electron chi connectivity index (χ0n) is 11.8. The van der Waals surface area contributed by atoms with Crippen LogP contribution < -0.4 is 5.32 Å². The number of rotatable bonds is 2. The van der Waals surface area contributed by atoms with Crippen LogP contribution in [0.3, 0.4) is 0 Å². The molecule has 1 aromatic rings. The third-order valence-electron chi connectivity index (χ3n) is 3.34. The number of likely N-dealkylation sites (tertiary alicyclic amines) is 1. The van der Waals surface area contributed by atoms with Crippen LogP contribution in [0.1, 0.15) is 28.9 Å². The molecule has 0 bridgehead atoms. The minimum Gasteiger partial charge on any atom is -0.339 e. The van der Waals surface area contributed by atoms with Crippen LogP contribution in [-0.2, 0) is 15.8 Å². The van der Waals surface area contributed by atoms with E-state index in [0.717, 1.165) is 4.90 Å². The van der Waals surface area contributed by atoms with Crippen LogP contribution in [0.4, 0.5) is 13.2 Å². The Balaban J connectivity index is 2.15. The van der Waals surface area contributed by atoms with Gasteiger partial charge in [-0.2, -0.15) is 13.2 Å². The average Bonchev–Trinajstić information content (AvgIpc) is 2.46. The van der Waals surface area contributed by atoms with Crippen LogP contribution in [0, 0.1) is 0 Å². The highest BCUT2D eigenvalue weighted by Crippen LogP contribution is 2.31. The average molecular weight is 350 g/mol. The number of aromatic nitrogens is 1. The van der Waals surface area contributed by atoms with Crippen molar-refractivity contribution in [2.45, 2.75) is 25.1 Å². The van der Waals surface area contributed by atoms with E-state index in [4.69, 9.17) is 11.6 Å². The molecule has 2 heterocycles. The van der Waals surface area contributed by atoms with Crippen LogP contribution in [0.2, 0.25) is 5.02 Å². The molecule has 0 saturated carbocycles. The minimum atomic E-state index is -4.63. The molecule has 1 fully saturated rings. The second kappa shape index (κ2) is 6.15. The zero-order chi connectivity index (χ0) is 17.4. The van der Waals surface area contributed by atoms with Gasteiger partial charge in [-0.05, 0) is 12.5 Å². The largest absolute Gasteiger partial charge is 0.417 e. The van der Waals surface area contributed by atoms with Gasteiger partial charge in [0, 0.05) is 19.7 Å². The number of likely N-dealkylation sites (N-methyl/N-ethyl adjacent to an activating group) is 1. The molecule has 10 heteroatoms. The van der Waals surface area contributed by atoms with Gasteiger partial charge in [-0.3, -0.25) is 19.3 Å². The molecule has 1 aromatic heterocycles. The first-order valence-electron chi connectivity index (χ1n) is 6.45. The Morgan fingerprint density at radius 1 is 1.43 bits per heavy atom. The van der Waals surface area contributed by atoms with E-state index in [0.29, 0.717) is 12.3 Å². The summed E-state index contributed by atoms with van der Waals surface area (Å²) >= 11 is 5.66. The predicted molar refractivity (Wildman–Crippen MR) is 72.5 cm³/mol. The highest BCUT2D eigenvalue weighted by atomic mass is 35.5. The standard InChI is InChI=1S/C13H11ClF3N3O3/c1-20-9(21)3-2-8(12(20)23)19-11(22)10-7(14)4-6(5-18-10)13(15,16)17/h4-5,8H,2-3H2,1H3,(H,19,22). The fourth-order valence-electron chi connectivity index (χ4n) is 2.04. The lowest BCUT2D eigenvalue weighted by molar-refractivity contribution is -0.147. The monoisotopic (exact) mass is 349 g/mol. The molecule has 1 atom stereocenters. The van der Waals surface area contributed by atoms with Gasteiger partial charge in [0.25, 0.3) is 11.8 Å². The van der Waals surface area contributed by atoms with Gasteiger partial charge in [0.15, 0.2) is 0 Å². The number of halogens is 4. The van der Waals surface area contributed by atoms with Crippen molar-refractivity contribution < 1.29 is 27.6 Å². The fourth-order valence-corrected chi connectivity index (χ4v) is 2.29. The van der Waals surface area contributed by atoms with E-state index < -0.39 is 40.3 Å². The van der Waals surface area contributed by atoms with Crippen molar-refractivity contribution in [1.82, 2.24) is 15.2 Å². The number of carbonyl (C=O) groups excluding carboxylic acids is 3. The van der Waals surface area contributed by atoms with Gasteiger partial charge in [-0.25, -0.2) is 4.98 Å². The van der Waals surface area contributed by atoms with E-state index in [9.17, 15) is 27.6 Å². The molecular weight excluding hydrogens is 339 g/mol. The second-order valence-electron chi connectivity index (χ2n) is 4.91. The smallest absolute Gasteiger partial charge is 0.339 e. The van der Waals surface area contributed by atoms with E-state index >= 15 is 0 Å². The minimum absolute atomic E-state index is 0.0708. The Labute approximate surface area is 133 Å². The lowest BCUT2D eigenvalue weighted by Crippen LogP contribution is -2.53. The number of piperidine rings is 1. The van der Waals surface area contributed by atoms with Gasteiger partial charge < -0.3 is 5.32 Å². The fraction of sp³-hybridized carbons (Fsp3) is 0.385. The number of hydrogen-bond donors (Lipinski definition) is 1. The Morgan fingerprint density at radius 2 is 2.09 bits per heavy atom. The molecule has 23 heavy (non-hydrogen) atoms. The van der Waals surface area contributed by atoms with E-state index in [1.807, 2.05) is 0 Å². The third kappa shape index (κ3) is 3.61. The summed E-state index contributed by atoms with van der Waals surface area (Å²) in [5.41, 5.74) is -1.51. The van der Waals surface area contributed by atoms with Gasteiger partial charge >= 0.3 is 6.18 Å². The van der Waals surface area contributed by atoms with Gasteiger partial charge in [-0.1, -0.05) is 11.6 Å². The quantitative estimate of drug-likeness (QED) is 0.823. The first kappa shape index (κ1) is 17.2. The van der Waals surface area contributed by atoms with E-state index in [2.05, 4.69) is 10.3 Å². The van der Waals surface area contributed by atoms with Gasteiger partial charge in [0.2, 0.25) is 5.91 Å². The predicted octanol–water partition coefficient (Wildman–Crippen LogP) is 1.63. The number of hydrogen-bond acceptors (Lipinski definition) is 4. The van der Waals surface area contributed by atoms with Gasteiger partial charge in [0.1, 0.15) is 11.7 Å². The molecule has 6 nitrogen and oxygen atoms in total. The molecule has 1 aliphatic heterocycles. The number of nitrogens with one attached hydrogen (secondary N) is 1. The Bertz CT molecular complexity index is 678. The van der Waals surface area contributed by atoms with Crippen molar-refractivity contribution in [3.8, 4) is 0 Å². The van der Waals surface area contributed by atoms with Crippen molar-refractivity contribution >= 4 is 29.3 Å². The number of carbonyl (C=O) groups is 3. The highest BCUT2D eigenvalue weighted by molar-refractivity contribution is 6.33. The van der Waals surface area contributed by atoms with Crippen molar-refractivity contribution in [3.05, 3.63) is 28.5 Å². The lowest BCUT2D eigenvalue weighted by Gasteiger charge is -2.28. The van der Waals surface area contributed by atoms with E-state index in [1.165, 1.54) is 7.05 Å². The molecular formula is C13H11ClF3N3O3. The molecule has 1 saturated heterocycles. The maximum Gasteiger partial charge on any atom is 0.417 e.